The quantitative estimate of drug-likeness (QED) is 0.0303. The second-order valence-corrected chi connectivity index (χ2v) is 17.4. The molecule has 0 saturated carbocycles. The Morgan fingerprint density at radius 2 is 1.47 bits per heavy atom. The topological polar surface area (TPSA) is 226 Å². The number of methoxy groups -OCH3 is 2. The van der Waals surface area contributed by atoms with Crippen LogP contribution in [0.25, 0.3) is 0 Å². The van der Waals surface area contributed by atoms with Crippen molar-refractivity contribution >= 4 is 37.2 Å². The van der Waals surface area contributed by atoms with Gasteiger partial charge in [-0.3, -0.25) is 24.5 Å². The van der Waals surface area contributed by atoms with E-state index < -0.39 is 0 Å². The highest BCUT2D eigenvalue weighted by Crippen LogP contribution is 2.28. The minimum absolute atomic E-state index is 0.00434. The van der Waals surface area contributed by atoms with Gasteiger partial charge < -0.3 is 60.2 Å². The predicted octanol–water partition coefficient (Wildman–Crippen LogP) is 4.77. The van der Waals surface area contributed by atoms with Crippen LogP contribution in [0.15, 0.2) is 30.3 Å². The highest BCUT2D eigenvalue weighted by Gasteiger charge is 2.39. The van der Waals surface area contributed by atoms with Gasteiger partial charge in [-0.25, -0.2) is 0 Å². The first-order valence-corrected chi connectivity index (χ1v) is 24.6. The lowest BCUT2D eigenvalue weighted by Gasteiger charge is -2.39. The zero-order valence-electron chi connectivity index (χ0n) is 46.7. The van der Waals surface area contributed by atoms with Crippen LogP contribution in [0.4, 0.5) is 4.48 Å². The number of aldehydes is 2. The fourth-order valence-corrected chi connectivity index (χ4v) is 6.85. The summed E-state index contributed by atoms with van der Waals surface area (Å²) in [4.78, 5) is 70.5. The lowest BCUT2D eigenvalue weighted by atomic mass is 9.90. The molecule has 0 aromatic heterocycles. The molecule has 1 saturated heterocycles. The Bertz CT molecular complexity index is 1360. The highest BCUT2D eigenvalue weighted by molar-refractivity contribution is 5.79. The second kappa shape index (κ2) is 51.4. The SMILES string of the molecule is CC(C)C(C)N(C)C.CCC(C)C(C(CC(=O)N1CCCC1C(CC=O)OC)OC)N(C)C(=O)CC(C)C.CCCNC=O.CN.CNC=O.CNCOC(c1ccccc1)[C@@H](C)NC.O=CCNF. The number of nitrogens with two attached hydrogens (primary N) is 1. The molecule has 4 amide bonds. The number of hydrogen-bond acceptors (Lipinski definition) is 14. The number of nitrogens with one attached hydrogen (secondary N) is 5. The van der Waals surface area contributed by atoms with Gasteiger partial charge in [0, 0.05) is 66.3 Å². The van der Waals surface area contributed by atoms with Gasteiger partial charge in [0.05, 0.1) is 50.1 Å². The number of carbonyl (C=O) groups is 6. The lowest BCUT2D eigenvalue weighted by Crippen LogP contribution is -2.52. The van der Waals surface area contributed by atoms with Crippen LogP contribution in [0.5, 0.6) is 0 Å². The number of halogens is 1. The molecule has 18 nitrogen and oxygen atoms in total. The fourth-order valence-electron chi connectivity index (χ4n) is 6.85. The fraction of sp³-hybridized carbons (Fsp3) is 0.765. The Labute approximate surface area is 424 Å². The minimum Gasteiger partial charge on any atom is -0.379 e. The molecule has 8 atom stereocenters. The van der Waals surface area contributed by atoms with Crippen LogP contribution in [-0.2, 0) is 43.0 Å². The maximum Gasteiger partial charge on any atom is 0.225 e. The molecule has 0 aliphatic carbocycles. The maximum absolute atomic E-state index is 13.2. The Morgan fingerprint density at radius 3 is 1.81 bits per heavy atom. The van der Waals surface area contributed by atoms with E-state index in [1.54, 1.807) is 26.2 Å². The summed E-state index contributed by atoms with van der Waals surface area (Å²) in [6.07, 6.45) is 6.63. The van der Waals surface area contributed by atoms with E-state index in [-0.39, 0.29) is 73.4 Å². The van der Waals surface area contributed by atoms with Crippen molar-refractivity contribution in [2.24, 2.45) is 23.5 Å². The van der Waals surface area contributed by atoms with Crippen LogP contribution in [0.2, 0.25) is 0 Å². The van der Waals surface area contributed by atoms with E-state index in [9.17, 15) is 23.7 Å². The average molecular weight is 1000 g/mol. The van der Waals surface area contributed by atoms with E-state index in [2.05, 4.69) is 99.7 Å². The van der Waals surface area contributed by atoms with Gasteiger partial charge in [0.25, 0.3) is 0 Å². The Hall–Kier alpha value is -3.95. The van der Waals surface area contributed by atoms with Crippen LogP contribution < -0.4 is 32.5 Å². The molecule has 2 rings (SSSR count). The van der Waals surface area contributed by atoms with Crippen molar-refractivity contribution in [3.05, 3.63) is 35.9 Å². The van der Waals surface area contributed by atoms with E-state index in [1.807, 2.05) is 65.0 Å². The van der Waals surface area contributed by atoms with Crippen molar-refractivity contribution < 1.29 is 47.5 Å². The molecule has 1 aliphatic heterocycles. The van der Waals surface area contributed by atoms with E-state index in [4.69, 9.17) is 23.8 Å². The number of ether oxygens (including phenoxy) is 3. The van der Waals surface area contributed by atoms with Gasteiger partial charge in [0.15, 0.2) is 0 Å². The Morgan fingerprint density at radius 1 is 0.886 bits per heavy atom. The van der Waals surface area contributed by atoms with Crippen molar-refractivity contribution in [1.82, 2.24) is 41.5 Å². The number of amides is 4. The van der Waals surface area contributed by atoms with E-state index in [0.29, 0.717) is 50.9 Å². The smallest absolute Gasteiger partial charge is 0.225 e. The zero-order valence-corrected chi connectivity index (χ0v) is 46.7. The van der Waals surface area contributed by atoms with Gasteiger partial charge in [-0.05, 0) is 91.7 Å². The van der Waals surface area contributed by atoms with E-state index >= 15 is 0 Å². The van der Waals surface area contributed by atoms with Crippen LogP contribution in [-0.4, -0.2) is 178 Å². The molecule has 7 N–H and O–H groups in total. The van der Waals surface area contributed by atoms with Gasteiger partial charge in [-0.15, -0.1) is 4.48 Å². The first kappa shape index (κ1) is 75.0. The largest absolute Gasteiger partial charge is 0.379 e. The summed E-state index contributed by atoms with van der Waals surface area (Å²) in [5, 5.41) is 11.0. The molecular formula is C51H102FN9O9. The molecule has 0 radical (unpaired) electrons. The normalized spacial score (nSPS) is 15.4. The van der Waals surface area contributed by atoms with Crippen LogP contribution in [0, 0.1) is 17.8 Å². The zero-order chi connectivity index (χ0) is 55.0. The van der Waals surface area contributed by atoms with Crippen molar-refractivity contribution in [2.75, 3.05) is 89.9 Å². The summed E-state index contributed by atoms with van der Waals surface area (Å²) in [5.41, 5.74) is 6.85. The summed E-state index contributed by atoms with van der Waals surface area (Å²) in [6, 6.07) is 11.0. The Balaban J connectivity index is -0.000000289. The summed E-state index contributed by atoms with van der Waals surface area (Å²) in [7, 11) is 16.1. The van der Waals surface area contributed by atoms with Gasteiger partial charge in [-0.2, -0.15) is 5.54 Å². The summed E-state index contributed by atoms with van der Waals surface area (Å²) in [5.74, 6) is 1.31. The Kier molecular flexibility index (Phi) is 55.1. The van der Waals surface area contributed by atoms with E-state index in [1.165, 1.54) is 12.6 Å². The molecule has 1 fully saturated rings. The number of benzene rings is 1. The lowest BCUT2D eigenvalue weighted by molar-refractivity contribution is -0.144. The van der Waals surface area contributed by atoms with Crippen LogP contribution in [0.1, 0.15) is 119 Å². The molecule has 1 aromatic carbocycles. The summed E-state index contributed by atoms with van der Waals surface area (Å²) < 4.78 is 27.5. The average Bonchev–Trinajstić information content (AvgIpc) is 3.86. The predicted molar refractivity (Wildman–Crippen MR) is 283 cm³/mol. The van der Waals surface area contributed by atoms with Gasteiger partial charge in [-0.1, -0.05) is 85.2 Å². The van der Waals surface area contributed by atoms with Crippen molar-refractivity contribution in [1.29, 1.82) is 0 Å². The molecule has 7 unspecified atom stereocenters. The second-order valence-electron chi connectivity index (χ2n) is 17.4. The molecule has 19 heteroatoms. The van der Waals surface area contributed by atoms with Gasteiger partial charge in [0.2, 0.25) is 24.6 Å². The molecule has 1 heterocycles. The number of rotatable bonds is 27. The van der Waals surface area contributed by atoms with Crippen molar-refractivity contribution in [3.63, 3.8) is 0 Å². The van der Waals surface area contributed by atoms with Crippen LogP contribution in [0.3, 0.4) is 0 Å². The van der Waals surface area contributed by atoms with Gasteiger partial charge in [0.1, 0.15) is 12.6 Å². The highest BCUT2D eigenvalue weighted by atomic mass is 19.2. The molecule has 0 spiro atoms. The number of likely N-dealkylation sites (tertiary alicyclic amines) is 1. The monoisotopic (exact) mass is 1000 g/mol. The molecule has 1 aliphatic rings. The standard InChI is InChI=1S/C23H42N2O5.C12H20N2O.C7H17N.C4H9NO.C2H4FNO.C2H5NO.CH5N/c1-8-17(4)23(24(5)21(27)14-16(2)3)20(30-7)15-22(28)25-12-9-10-18(25)19(29-6)11-13-26;1-10(14-3)12(15-9-13-2)11-7-5-4-6-8-11;1-6(2)7(3)8(4)5;1-2-3-5-4-6;3-4-1-2-5;1-3-2-4;1-2/h13,16-20,23H,8-12,14-15H2,1-7H3;4-8,10,12-14H,9H2,1-3H3;6-7H,1-5H3;4H,2-3H2,1H3,(H,5,6);2,4H,1H2;2H,1H3,(H,3,4);2H2,1H3/t;10-,12?;;;;;/m.1...../s1. The third-order valence-corrected chi connectivity index (χ3v) is 11.4. The summed E-state index contributed by atoms with van der Waals surface area (Å²) in [6.45, 7) is 20.9. The molecule has 0 bridgehead atoms. The van der Waals surface area contributed by atoms with Gasteiger partial charge >= 0.3 is 0 Å². The first-order chi connectivity index (χ1) is 33.3. The molecule has 70 heavy (non-hydrogen) atoms. The summed E-state index contributed by atoms with van der Waals surface area (Å²) >= 11 is 0. The molecular weight excluding hydrogens is 902 g/mol. The molecule has 1 aromatic rings. The molecule has 412 valence electrons. The number of carbonyl (C=O) groups excluding carboxylic acids is 6. The minimum atomic E-state index is -0.387. The number of likely N-dealkylation sites (N-methyl/N-ethyl adjacent to an activating group) is 2. The third-order valence-electron chi connectivity index (χ3n) is 11.4. The third kappa shape index (κ3) is 36.9. The van der Waals surface area contributed by atoms with Crippen molar-refractivity contribution in [2.45, 2.75) is 150 Å². The first-order valence-electron chi connectivity index (χ1n) is 24.6. The number of nitrogens with zero attached hydrogens (tertiary/aromatic N) is 3. The maximum atomic E-state index is 13.2. The van der Waals surface area contributed by atoms with E-state index in [0.717, 1.165) is 50.0 Å². The van der Waals surface area contributed by atoms with Crippen molar-refractivity contribution in [3.8, 4) is 0 Å². The van der Waals surface area contributed by atoms with Crippen LogP contribution >= 0.6 is 0 Å². The number of hydrogen-bond donors (Lipinski definition) is 6.